The van der Waals surface area contributed by atoms with E-state index < -0.39 is 0 Å². The van der Waals surface area contributed by atoms with E-state index in [2.05, 4.69) is 22.0 Å². The first-order valence-electron chi connectivity index (χ1n) is 8.66. The highest BCUT2D eigenvalue weighted by Crippen LogP contribution is 2.22. The average Bonchev–Trinajstić information content (AvgIpc) is 2.82. The molecule has 4 heteroatoms. The SMILES string of the molecule is CCN1CCCC(NCC2CN3CCCC3CO2)CC1. The summed E-state index contributed by atoms with van der Waals surface area (Å²) in [4.78, 5) is 5.22. The molecule has 3 aliphatic rings. The molecule has 3 unspecified atom stereocenters. The second kappa shape index (κ2) is 7.21. The normalized spacial score (nSPS) is 36.8. The number of nitrogens with one attached hydrogen (secondary N) is 1. The van der Waals surface area contributed by atoms with Crippen LogP contribution in [0.25, 0.3) is 0 Å². The summed E-state index contributed by atoms with van der Waals surface area (Å²) in [6.45, 7) is 10.5. The van der Waals surface area contributed by atoms with E-state index in [0.717, 1.165) is 25.7 Å². The lowest BCUT2D eigenvalue weighted by molar-refractivity contribution is -0.0479. The van der Waals surface area contributed by atoms with E-state index in [1.165, 1.54) is 58.3 Å². The fraction of sp³-hybridized carbons (Fsp3) is 1.00. The zero-order valence-electron chi connectivity index (χ0n) is 13.0. The second-order valence-corrected chi connectivity index (χ2v) is 6.72. The number of rotatable bonds is 4. The van der Waals surface area contributed by atoms with Crippen molar-refractivity contribution in [2.45, 2.75) is 57.2 Å². The third-order valence-electron chi connectivity index (χ3n) is 5.36. The molecule has 0 saturated carbocycles. The van der Waals surface area contributed by atoms with Crippen LogP contribution in [0.2, 0.25) is 0 Å². The molecular formula is C16H31N3O. The van der Waals surface area contributed by atoms with Crippen LogP contribution in [0.15, 0.2) is 0 Å². The van der Waals surface area contributed by atoms with Crippen LogP contribution in [0.1, 0.15) is 39.0 Å². The van der Waals surface area contributed by atoms with Crippen molar-refractivity contribution in [2.75, 3.05) is 45.9 Å². The van der Waals surface area contributed by atoms with Crippen LogP contribution < -0.4 is 5.32 Å². The molecule has 3 saturated heterocycles. The van der Waals surface area contributed by atoms with Crippen molar-refractivity contribution < 1.29 is 4.74 Å². The molecule has 4 nitrogen and oxygen atoms in total. The van der Waals surface area contributed by atoms with E-state index in [1.54, 1.807) is 0 Å². The van der Waals surface area contributed by atoms with Gasteiger partial charge in [-0.1, -0.05) is 6.92 Å². The van der Waals surface area contributed by atoms with Crippen molar-refractivity contribution in [2.24, 2.45) is 0 Å². The Bertz CT molecular complexity index is 299. The lowest BCUT2D eigenvalue weighted by atomic mass is 10.1. The highest BCUT2D eigenvalue weighted by Gasteiger charge is 2.32. The van der Waals surface area contributed by atoms with Gasteiger partial charge in [-0.3, -0.25) is 4.90 Å². The third-order valence-corrected chi connectivity index (χ3v) is 5.36. The lowest BCUT2D eigenvalue weighted by Crippen LogP contribution is -2.50. The monoisotopic (exact) mass is 281 g/mol. The van der Waals surface area contributed by atoms with Gasteiger partial charge < -0.3 is 15.0 Å². The maximum Gasteiger partial charge on any atom is 0.0827 e. The Hall–Kier alpha value is -0.160. The van der Waals surface area contributed by atoms with Gasteiger partial charge in [-0.05, 0) is 58.3 Å². The number of hydrogen-bond acceptors (Lipinski definition) is 4. The maximum absolute atomic E-state index is 6.04. The number of hydrogen-bond donors (Lipinski definition) is 1. The summed E-state index contributed by atoms with van der Waals surface area (Å²) in [5.74, 6) is 0. The van der Waals surface area contributed by atoms with Crippen molar-refractivity contribution in [3.63, 3.8) is 0 Å². The first-order valence-corrected chi connectivity index (χ1v) is 8.66. The van der Waals surface area contributed by atoms with Crippen LogP contribution in [0, 0.1) is 0 Å². The molecule has 116 valence electrons. The number of ether oxygens (including phenoxy) is 1. The largest absolute Gasteiger partial charge is 0.374 e. The van der Waals surface area contributed by atoms with Gasteiger partial charge in [-0.2, -0.15) is 0 Å². The van der Waals surface area contributed by atoms with Crippen LogP contribution in [0.5, 0.6) is 0 Å². The molecule has 0 radical (unpaired) electrons. The molecule has 0 spiro atoms. The van der Waals surface area contributed by atoms with E-state index in [-0.39, 0.29) is 0 Å². The summed E-state index contributed by atoms with van der Waals surface area (Å²) in [5.41, 5.74) is 0. The molecule has 3 rings (SSSR count). The zero-order valence-corrected chi connectivity index (χ0v) is 13.0. The van der Waals surface area contributed by atoms with Crippen LogP contribution in [0.4, 0.5) is 0 Å². The summed E-state index contributed by atoms with van der Waals surface area (Å²) in [6.07, 6.45) is 7.09. The van der Waals surface area contributed by atoms with Gasteiger partial charge in [-0.15, -0.1) is 0 Å². The van der Waals surface area contributed by atoms with Gasteiger partial charge in [0.2, 0.25) is 0 Å². The molecule has 0 amide bonds. The Labute approximate surface area is 123 Å². The van der Waals surface area contributed by atoms with E-state index >= 15 is 0 Å². The fourth-order valence-corrected chi connectivity index (χ4v) is 3.98. The number of morpholine rings is 1. The average molecular weight is 281 g/mol. The van der Waals surface area contributed by atoms with E-state index in [0.29, 0.717) is 12.1 Å². The van der Waals surface area contributed by atoms with Crippen LogP contribution >= 0.6 is 0 Å². The summed E-state index contributed by atoms with van der Waals surface area (Å²) in [7, 11) is 0. The van der Waals surface area contributed by atoms with Gasteiger partial charge in [0, 0.05) is 25.2 Å². The zero-order chi connectivity index (χ0) is 13.8. The minimum Gasteiger partial charge on any atom is -0.374 e. The molecule has 0 aromatic rings. The Morgan fingerprint density at radius 3 is 2.90 bits per heavy atom. The number of nitrogens with zero attached hydrogens (tertiary/aromatic N) is 2. The summed E-state index contributed by atoms with van der Waals surface area (Å²) < 4.78 is 6.04. The molecule has 3 fully saturated rings. The molecule has 3 atom stereocenters. The molecule has 1 N–H and O–H groups in total. The molecule has 3 heterocycles. The van der Waals surface area contributed by atoms with Gasteiger partial charge in [0.05, 0.1) is 12.7 Å². The minimum absolute atomic E-state index is 0.412. The predicted molar refractivity (Wildman–Crippen MR) is 82.1 cm³/mol. The lowest BCUT2D eigenvalue weighted by Gasteiger charge is -2.36. The first-order chi connectivity index (χ1) is 9.85. The van der Waals surface area contributed by atoms with Crippen molar-refractivity contribution in [3.05, 3.63) is 0 Å². The van der Waals surface area contributed by atoms with Gasteiger partial charge in [0.1, 0.15) is 0 Å². The third kappa shape index (κ3) is 3.73. The van der Waals surface area contributed by atoms with E-state index in [4.69, 9.17) is 4.74 Å². The topological polar surface area (TPSA) is 27.7 Å². The van der Waals surface area contributed by atoms with Crippen LogP contribution in [0.3, 0.4) is 0 Å². The van der Waals surface area contributed by atoms with Crippen molar-refractivity contribution in [1.29, 1.82) is 0 Å². The Balaban J connectivity index is 1.38. The van der Waals surface area contributed by atoms with Crippen molar-refractivity contribution in [3.8, 4) is 0 Å². The highest BCUT2D eigenvalue weighted by atomic mass is 16.5. The Morgan fingerprint density at radius 1 is 1.10 bits per heavy atom. The van der Waals surface area contributed by atoms with Gasteiger partial charge >= 0.3 is 0 Å². The highest BCUT2D eigenvalue weighted by molar-refractivity contribution is 4.86. The van der Waals surface area contributed by atoms with Crippen molar-refractivity contribution >= 4 is 0 Å². The quantitative estimate of drug-likeness (QED) is 0.841. The van der Waals surface area contributed by atoms with Gasteiger partial charge in [-0.25, -0.2) is 0 Å². The molecule has 0 bridgehead atoms. The number of likely N-dealkylation sites (tertiary alicyclic amines) is 1. The maximum atomic E-state index is 6.04. The number of fused-ring (bicyclic) bond motifs is 1. The van der Waals surface area contributed by atoms with E-state index in [1.807, 2.05) is 0 Å². The fourth-order valence-electron chi connectivity index (χ4n) is 3.98. The van der Waals surface area contributed by atoms with Crippen LogP contribution in [-0.2, 0) is 4.74 Å². The molecule has 0 aromatic heterocycles. The smallest absolute Gasteiger partial charge is 0.0827 e. The molecule has 20 heavy (non-hydrogen) atoms. The Kier molecular flexibility index (Phi) is 5.32. The summed E-state index contributed by atoms with van der Waals surface area (Å²) in [5, 5.41) is 3.78. The van der Waals surface area contributed by atoms with Crippen LogP contribution in [-0.4, -0.2) is 73.9 Å². The van der Waals surface area contributed by atoms with Crippen molar-refractivity contribution in [1.82, 2.24) is 15.1 Å². The van der Waals surface area contributed by atoms with E-state index in [9.17, 15) is 0 Å². The molecule has 3 aliphatic heterocycles. The second-order valence-electron chi connectivity index (χ2n) is 6.72. The molecular weight excluding hydrogens is 250 g/mol. The predicted octanol–water partition coefficient (Wildman–Crippen LogP) is 1.31. The summed E-state index contributed by atoms with van der Waals surface area (Å²) in [6, 6.07) is 1.42. The minimum atomic E-state index is 0.412. The Morgan fingerprint density at radius 2 is 2.00 bits per heavy atom. The first kappa shape index (κ1) is 14.8. The molecule has 0 aliphatic carbocycles. The van der Waals surface area contributed by atoms with Gasteiger partial charge in [0.25, 0.3) is 0 Å². The summed E-state index contributed by atoms with van der Waals surface area (Å²) >= 11 is 0. The standard InChI is InChI=1S/C16H31N3O/c1-2-18-8-3-5-14(7-10-18)17-11-16-12-19-9-4-6-15(19)13-20-16/h14-17H,2-13H2,1H3. The van der Waals surface area contributed by atoms with Gasteiger partial charge in [0.15, 0.2) is 0 Å². The molecule has 0 aromatic carbocycles.